The van der Waals surface area contributed by atoms with Crippen LogP contribution in [0, 0.1) is 0 Å². The number of hydrogen-bond acceptors (Lipinski definition) is 2. The fourth-order valence-electron chi connectivity index (χ4n) is 2.89. The van der Waals surface area contributed by atoms with Gasteiger partial charge in [-0.15, -0.1) is 0 Å². The first kappa shape index (κ1) is 15.6. The summed E-state index contributed by atoms with van der Waals surface area (Å²) in [5.41, 5.74) is 0.585. The molecule has 0 heterocycles. The van der Waals surface area contributed by atoms with Gasteiger partial charge in [0.25, 0.3) is 5.91 Å². The minimum absolute atomic E-state index is 0.00397. The zero-order chi connectivity index (χ0) is 14.7. The van der Waals surface area contributed by atoms with E-state index in [4.69, 9.17) is 23.2 Å². The van der Waals surface area contributed by atoms with E-state index >= 15 is 0 Å². The van der Waals surface area contributed by atoms with Gasteiger partial charge in [0.2, 0.25) is 0 Å². The molecule has 2 atom stereocenters. The molecule has 0 aromatic heterocycles. The van der Waals surface area contributed by atoms with Crippen molar-refractivity contribution in [3.05, 3.63) is 33.8 Å². The Balaban J connectivity index is 2.16. The maximum atomic E-state index is 12.6. The van der Waals surface area contributed by atoms with Gasteiger partial charge in [0.1, 0.15) is 0 Å². The maximum Gasteiger partial charge on any atom is 0.253 e. The molecule has 2 rings (SSSR count). The topological polar surface area (TPSA) is 32.3 Å². The smallest absolute Gasteiger partial charge is 0.253 e. The molecule has 1 aliphatic carbocycles. The third kappa shape index (κ3) is 3.27. The molecule has 110 valence electrons. The van der Waals surface area contributed by atoms with Gasteiger partial charge in [-0.2, -0.15) is 0 Å². The minimum atomic E-state index is -0.00397. The normalized spacial score (nSPS) is 22.6. The number of likely N-dealkylation sites (N-methyl/N-ethyl adjacent to an activating group) is 2. The van der Waals surface area contributed by atoms with E-state index in [-0.39, 0.29) is 11.9 Å². The standard InChI is InChI=1S/C15H20Cl2N2O/c1-18-13-5-3-4-6-14(13)19(2)15(20)10-7-8-11(16)12(17)9-10/h7-9,13-14,18H,3-6H2,1-2H3/t13-,14-/m0/s1. The monoisotopic (exact) mass is 314 g/mol. The van der Waals surface area contributed by atoms with Crippen LogP contribution in [0.25, 0.3) is 0 Å². The van der Waals surface area contributed by atoms with E-state index in [1.165, 1.54) is 12.8 Å². The molecule has 1 aromatic rings. The van der Waals surface area contributed by atoms with Gasteiger partial charge >= 0.3 is 0 Å². The van der Waals surface area contributed by atoms with Crippen LogP contribution in [-0.2, 0) is 0 Å². The minimum Gasteiger partial charge on any atom is -0.337 e. The van der Waals surface area contributed by atoms with E-state index in [0.717, 1.165) is 12.8 Å². The predicted molar refractivity (Wildman–Crippen MR) is 83.7 cm³/mol. The van der Waals surface area contributed by atoms with Crippen LogP contribution in [0.5, 0.6) is 0 Å². The first-order chi connectivity index (χ1) is 9.54. The molecule has 0 radical (unpaired) electrons. The SMILES string of the molecule is CN[C@H]1CCCC[C@@H]1N(C)C(=O)c1ccc(Cl)c(Cl)c1. The first-order valence-corrected chi connectivity index (χ1v) is 7.69. The molecule has 1 fully saturated rings. The van der Waals surface area contributed by atoms with Gasteiger partial charge in [0.05, 0.1) is 10.0 Å². The summed E-state index contributed by atoms with van der Waals surface area (Å²) in [6, 6.07) is 5.63. The van der Waals surface area contributed by atoms with Gasteiger partial charge in [0, 0.05) is 24.7 Å². The zero-order valence-electron chi connectivity index (χ0n) is 11.8. The largest absolute Gasteiger partial charge is 0.337 e. The maximum absolute atomic E-state index is 12.6. The van der Waals surface area contributed by atoms with Gasteiger partial charge in [-0.1, -0.05) is 36.0 Å². The van der Waals surface area contributed by atoms with Gasteiger partial charge in [-0.05, 0) is 38.1 Å². The molecule has 0 spiro atoms. The van der Waals surface area contributed by atoms with Crippen LogP contribution in [0.2, 0.25) is 10.0 Å². The van der Waals surface area contributed by atoms with Crippen molar-refractivity contribution < 1.29 is 4.79 Å². The van der Waals surface area contributed by atoms with E-state index < -0.39 is 0 Å². The third-order valence-corrected chi connectivity index (χ3v) is 4.82. The van der Waals surface area contributed by atoms with Crippen molar-refractivity contribution in [2.24, 2.45) is 0 Å². The summed E-state index contributed by atoms with van der Waals surface area (Å²) in [7, 11) is 3.83. The summed E-state index contributed by atoms with van der Waals surface area (Å²) >= 11 is 11.9. The van der Waals surface area contributed by atoms with E-state index in [1.807, 2.05) is 19.0 Å². The van der Waals surface area contributed by atoms with Crippen LogP contribution in [0.1, 0.15) is 36.0 Å². The molecule has 1 amide bonds. The van der Waals surface area contributed by atoms with Crippen molar-refractivity contribution in [3.63, 3.8) is 0 Å². The number of hydrogen-bond donors (Lipinski definition) is 1. The van der Waals surface area contributed by atoms with E-state index in [0.29, 0.717) is 21.7 Å². The highest BCUT2D eigenvalue weighted by molar-refractivity contribution is 6.42. The Morgan fingerprint density at radius 1 is 1.25 bits per heavy atom. The molecule has 3 nitrogen and oxygen atoms in total. The van der Waals surface area contributed by atoms with E-state index in [1.54, 1.807) is 18.2 Å². The van der Waals surface area contributed by atoms with Crippen LogP contribution in [0.15, 0.2) is 18.2 Å². The fraction of sp³-hybridized carbons (Fsp3) is 0.533. The number of nitrogens with one attached hydrogen (secondary N) is 1. The van der Waals surface area contributed by atoms with E-state index in [9.17, 15) is 4.79 Å². The van der Waals surface area contributed by atoms with Gasteiger partial charge in [-0.3, -0.25) is 4.79 Å². The van der Waals surface area contributed by atoms with Crippen molar-refractivity contribution >= 4 is 29.1 Å². The van der Waals surface area contributed by atoms with Gasteiger partial charge in [-0.25, -0.2) is 0 Å². The second kappa shape index (κ2) is 6.79. The van der Waals surface area contributed by atoms with Crippen LogP contribution >= 0.6 is 23.2 Å². The predicted octanol–water partition coefficient (Wildman–Crippen LogP) is 3.60. The average Bonchev–Trinajstić information content (AvgIpc) is 2.48. The molecule has 1 aromatic carbocycles. The number of carbonyl (C=O) groups excluding carboxylic acids is 1. The Morgan fingerprint density at radius 2 is 1.95 bits per heavy atom. The summed E-state index contributed by atoms with van der Waals surface area (Å²) in [5, 5.41) is 4.21. The molecule has 0 bridgehead atoms. The highest BCUT2D eigenvalue weighted by atomic mass is 35.5. The molecule has 20 heavy (non-hydrogen) atoms. The summed E-state index contributed by atoms with van der Waals surface area (Å²) in [6.45, 7) is 0. The van der Waals surface area contributed by atoms with Crippen LogP contribution in [0.4, 0.5) is 0 Å². The molecule has 1 saturated carbocycles. The number of amides is 1. The number of carbonyl (C=O) groups is 1. The quantitative estimate of drug-likeness (QED) is 0.924. The lowest BCUT2D eigenvalue weighted by atomic mass is 9.89. The van der Waals surface area contributed by atoms with E-state index in [2.05, 4.69) is 5.32 Å². The molecule has 0 saturated heterocycles. The van der Waals surface area contributed by atoms with Crippen molar-refractivity contribution in [1.29, 1.82) is 0 Å². The summed E-state index contributed by atoms with van der Waals surface area (Å²) in [5.74, 6) is -0.00397. The molecule has 5 heteroatoms. The third-order valence-electron chi connectivity index (χ3n) is 4.08. The molecule has 1 aliphatic rings. The second-order valence-corrected chi connectivity index (χ2v) is 6.11. The highest BCUT2D eigenvalue weighted by Gasteiger charge is 2.30. The van der Waals surface area contributed by atoms with Crippen LogP contribution < -0.4 is 5.32 Å². The lowest BCUT2D eigenvalue weighted by Gasteiger charge is -2.38. The molecule has 1 N–H and O–H groups in total. The molecular weight excluding hydrogens is 295 g/mol. The second-order valence-electron chi connectivity index (χ2n) is 5.29. The molecule has 0 unspecified atom stereocenters. The highest BCUT2D eigenvalue weighted by Crippen LogP contribution is 2.26. The molecule has 0 aliphatic heterocycles. The van der Waals surface area contributed by atoms with Crippen molar-refractivity contribution in [2.75, 3.05) is 14.1 Å². The Bertz CT molecular complexity index is 493. The lowest BCUT2D eigenvalue weighted by molar-refractivity contribution is 0.0655. The Kier molecular flexibility index (Phi) is 5.30. The van der Waals surface area contributed by atoms with Crippen LogP contribution in [0.3, 0.4) is 0 Å². The van der Waals surface area contributed by atoms with Crippen LogP contribution in [-0.4, -0.2) is 37.0 Å². The van der Waals surface area contributed by atoms with Crippen molar-refractivity contribution in [2.45, 2.75) is 37.8 Å². The number of benzene rings is 1. The Morgan fingerprint density at radius 3 is 2.60 bits per heavy atom. The zero-order valence-corrected chi connectivity index (χ0v) is 13.3. The van der Waals surface area contributed by atoms with Crippen molar-refractivity contribution in [3.8, 4) is 0 Å². The number of halogens is 2. The lowest BCUT2D eigenvalue weighted by Crippen LogP contribution is -2.51. The summed E-state index contributed by atoms with van der Waals surface area (Å²) < 4.78 is 0. The Labute approximate surface area is 130 Å². The van der Waals surface area contributed by atoms with Crippen molar-refractivity contribution in [1.82, 2.24) is 10.2 Å². The number of nitrogens with zero attached hydrogens (tertiary/aromatic N) is 1. The number of rotatable bonds is 3. The van der Waals surface area contributed by atoms with Gasteiger partial charge in [0.15, 0.2) is 0 Å². The molecular formula is C15H20Cl2N2O. The average molecular weight is 315 g/mol. The van der Waals surface area contributed by atoms with Gasteiger partial charge < -0.3 is 10.2 Å². The fourth-order valence-corrected chi connectivity index (χ4v) is 3.19. The summed E-state index contributed by atoms with van der Waals surface area (Å²) in [4.78, 5) is 14.4. The first-order valence-electron chi connectivity index (χ1n) is 6.94. The Hall–Kier alpha value is -0.770. The summed E-state index contributed by atoms with van der Waals surface area (Å²) in [6.07, 6.45) is 4.54.